The Balaban J connectivity index is 1.21. The van der Waals surface area contributed by atoms with Crippen LogP contribution in [0.25, 0.3) is 10.8 Å². The van der Waals surface area contributed by atoms with Crippen molar-refractivity contribution >= 4 is 49.9 Å². The number of hydrogen-bond acceptors (Lipinski definition) is 4. The van der Waals surface area contributed by atoms with E-state index in [4.69, 9.17) is 0 Å². The number of aromatic nitrogens is 1. The first-order valence-electron chi connectivity index (χ1n) is 11.1. The number of hydrogen-bond donors (Lipinski definition) is 1. The van der Waals surface area contributed by atoms with Crippen LogP contribution < -0.4 is 10.2 Å². The van der Waals surface area contributed by atoms with Crippen LogP contribution >= 0.6 is 15.9 Å². The summed E-state index contributed by atoms with van der Waals surface area (Å²) >= 11 is 3.33. The zero-order valence-electron chi connectivity index (χ0n) is 18.4. The number of pyridine rings is 1. The third-order valence-electron chi connectivity index (χ3n) is 6.04. The lowest BCUT2D eigenvalue weighted by Gasteiger charge is -2.36. The number of fused-ring (bicyclic) bond motifs is 1. The standard InChI is InChI=1S/C27H23BrN4O2/c28-21-16-20(17-29-18-21)26(33)30-22-8-10-23(11-9-22)31-12-14-32(15-13-31)27(34)25-7-3-5-19-4-1-2-6-24(19)25/h1-11,16-18H,12-15H2,(H,30,33). The number of benzene rings is 3. The Morgan fingerprint density at radius 1 is 0.853 bits per heavy atom. The van der Waals surface area contributed by atoms with Gasteiger partial charge in [-0.1, -0.05) is 36.4 Å². The summed E-state index contributed by atoms with van der Waals surface area (Å²) in [7, 11) is 0. The van der Waals surface area contributed by atoms with Crippen LogP contribution in [0.2, 0.25) is 0 Å². The molecule has 0 radical (unpaired) electrons. The molecule has 1 saturated heterocycles. The number of piperazine rings is 1. The van der Waals surface area contributed by atoms with Crippen LogP contribution in [0.5, 0.6) is 0 Å². The molecule has 170 valence electrons. The van der Waals surface area contributed by atoms with Gasteiger partial charge in [-0.05, 0) is 63.1 Å². The van der Waals surface area contributed by atoms with Gasteiger partial charge in [0.05, 0.1) is 5.56 Å². The minimum atomic E-state index is -0.206. The van der Waals surface area contributed by atoms with E-state index in [0.29, 0.717) is 18.7 Å². The molecule has 2 amide bonds. The molecule has 0 atom stereocenters. The van der Waals surface area contributed by atoms with E-state index in [0.717, 1.165) is 45.3 Å². The molecule has 1 N–H and O–H groups in total. The predicted molar refractivity (Wildman–Crippen MR) is 138 cm³/mol. The molecule has 7 heteroatoms. The normalized spacial score (nSPS) is 13.7. The fraction of sp³-hybridized carbons (Fsp3) is 0.148. The number of carbonyl (C=O) groups is 2. The highest BCUT2D eigenvalue weighted by molar-refractivity contribution is 9.10. The minimum Gasteiger partial charge on any atom is -0.368 e. The van der Waals surface area contributed by atoms with E-state index >= 15 is 0 Å². The lowest BCUT2D eigenvalue weighted by Crippen LogP contribution is -2.48. The van der Waals surface area contributed by atoms with Gasteiger partial charge in [0.15, 0.2) is 0 Å². The maximum Gasteiger partial charge on any atom is 0.257 e. The highest BCUT2D eigenvalue weighted by Gasteiger charge is 2.23. The van der Waals surface area contributed by atoms with Crippen molar-refractivity contribution in [3.05, 3.63) is 101 Å². The molecule has 1 fully saturated rings. The first-order valence-corrected chi connectivity index (χ1v) is 11.9. The molecule has 5 rings (SSSR count). The van der Waals surface area contributed by atoms with Gasteiger partial charge >= 0.3 is 0 Å². The summed E-state index contributed by atoms with van der Waals surface area (Å²) in [5, 5.41) is 4.97. The molecule has 6 nitrogen and oxygen atoms in total. The van der Waals surface area contributed by atoms with Crippen molar-refractivity contribution in [2.75, 3.05) is 36.4 Å². The average Bonchev–Trinajstić information content (AvgIpc) is 2.88. The molecular formula is C27H23BrN4O2. The summed E-state index contributed by atoms with van der Waals surface area (Å²) in [5.74, 6) is -0.126. The predicted octanol–water partition coefficient (Wildman–Crippen LogP) is 5.21. The van der Waals surface area contributed by atoms with Crippen molar-refractivity contribution in [1.29, 1.82) is 0 Å². The van der Waals surface area contributed by atoms with Gasteiger partial charge in [0.1, 0.15) is 0 Å². The van der Waals surface area contributed by atoms with Crippen LogP contribution in [0.3, 0.4) is 0 Å². The Morgan fingerprint density at radius 2 is 1.59 bits per heavy atom. The molecule has 0 saturated carbocycles. The summed E-state index contributed by atoms with van der Waals surface area (Å²) in [5.41, 5.74) is 3.04. The van der Waals surface area contributed by atoms with E-state index in [1.165, 1.54) is 6.20 Å². The van der Waals surface area contributed by atoms with E-state index in [2.05, 4.69) is 31.1 Å². The zero-order valence-corrected chi connectivity index (χ0v) is 20.0. The first-order chi connectivity index (χ1) is 16.6. The molecule has 34 heavy (non-hydrogen) atoms. The number of nitrogens with zero attached hydrogens (tertiary/aromatic N) is 3. The lowest BCUT2D eigenvalue weighted by atomic mass is 10.0. The van der Waals surface area contributed by atoms with Crippen LogP contribution in [0.1, 0.15) is 20.7 Å². The van der Waals surface area contributed by atoms with E-state index in [-0.39, 0.29) is 11.8 Å². The maximum absolute atomic E-state index is 13.2. The molecule has 1 aliphatic heterocycles. The summed E-state index contributed by atoms with van der Waals surface area (Å²) in [6, 6.07) is 23.4. The van der Waals surface area contributed by atoms with Gasteiger partial charge in [0, 0.05) is 60.0 Å². The summed E-state index contributed by atoms with van der Waals surface area (Å²) in [4.78, 5) is 33.9. The number of carbonyl (C=O) groups excluding carboxylic acids is 2. The molecule has 0 aliphatic carbocycles. The van der Waals surface area contributed by atoms with E-state index in [1.54, 1.807) is 12.3 Å². The third-order valence-corrected chi connectivity index (χ3v) is 6.48. The van der Waals surface area contributed by atoms with Gasteiger partial charge in [-0.25, -0.2) is 0 Å². The zero-order chi connectivity index (χ0) is 23.5. The molecule has 4 aromatic rings. The Labute approximate surface area is 206 Å². The molecule has 3 aromatic carbocycles. The number of nitrogens with one attached hydrogen (secondary N) is 1. The van der Waals surface area contributed by atoms with Crippen molar-refractivity contribution in [2.45, 2.75) is 0 Å². The van der Waals surface area contributed by atoms with Gasteiger partial charge < -0.3 is 15.1 Å². The smallest absolute Gasteiger partial charge is 0.257 e. The largest absolute Gasteiger partial charge is 0.368 e. The van der Waals surface area contributed by atoms with Gasteiger partial charge in [-0.2, -0.15) is 0 Å². The molecule has 0 spiro atoms. The van der Waals surface area contributed by atoms with E-state index in [9.17, 15) is 9.59 Å². The second-order valence-electron chi connectivity index (χ2n) is 8.20. The second-order valence-corrected chi connectivity index (χ2v) is 9.11. The summed E-state index contributed by atoms with van der Waals surface area (Å²) < 4.78 is 0.758. The van der Waals surface area contributed by atoms with Crippen LogP contribution in [0.15, 0.2) is 89.7 Å². The average molecular weight is 515 g/mol. The minimum absolute atomic E-state index is 0.0801. The maximum atomic E-state index is 13.2. The summed E-state index contributed by atoms with van der Waals surface area (Å²) in [6.45, 7) is 2.84. The third kappa shape index (κ3) is 4.65. The molecular weight excluding hydrogens is 492 g/mol. The Kier molecular flexibility index (Phi) is 6.27. The highest BCUT2D eigenvalue weighted by atomic mass is 79.9. The molecule has 1 aromatic heterocycles. The monoisotopic (exact) mass is 514 g/mol. The van der Waals surface area contributed by atoms with Crippen LogP contribution in [0.4, 0.5) is 11.4 Å². The summed E-state index contributed by atoms with van der Waals surface area (Å²) in [6.07, 6.45) is 3.18. The van der Waals surface area contributed by atoms with Crippen LogP contribution in [-0.2, 0) is 0 Å². The second kappa shape index (κ2) is 9.65. The Hall–Kier alpha value is -3.71. The fourth-order valence-corrected chi connectivity index (χ4v) is 4.61. The van der Waals surface area contributed by atoms with Crippen molar-refractivity contribution in [3.8, 4) is 0 Å². The highest BCUT2D eigenvalue weighted by Crippen LogP contribution is 2.23. The van der Waals surface area contributed by atoms with Crippen LogP contribution in [-0.4, -0.2) is 47.9 Å². The SMILES string of the molecule is O=C(Nc1ccc(N2CCN(C(=O)c3cccc4ccccc34)CC2)cc1)c1cncc(Br)c1. The van der Waals surface area contributed by atoms with E-state index in [1.807, 2.05) is 71.6 Å². The van der Waals surface area contributed by atoms with Gasteiger partial charge in [0.25, 0.3) is 11.8 Å². The first kappa shape index (κ1) is 22.1. The molecule has 0 unspecified atom stereocenters. The molecule has 2 heterocycles. The Bertz CT molecular complexity index is 1340. The lowest BCUT2D eigenvalue weighted by molar-refractivity contribution is 0.0748. The number of anilines is 2. The van der Waals surface area contributed by atoms with Gasteiger partial charge in [-0.15, -0.1) is 0 Å². The number of rotatable bonds is 4. The number of halogens is 1. The van der Waals surface area contributed by atoms with Crippen molar-refractivity contribution in [3.63, 3.8) is 0 Å². The molecule has 1 aliphatic rings. The fourth-order valence-electron chi connectivity index (χ4n) is 4.24. The van der Waals surface area contributed by atoms with Crippen molar-refractivity contribution in [2.24, 2.45) is 0 Å². The molecule has 0 bridgehead atoms. The number of amides is 2. The van der Waals surface area contributed by atoms with Crippen molar-refractivity contribution in [1.82, 2.24) is 9.88 Å². The van der Waals surface area contributed by atoms with Crippen molar-refractivity contribution < 1.29 is 9.59 Å². The quantitative estimate of drug-likeness (QED) is 0.405. The van der Waals surface area contributed by atoms with Gasteiger partial charge in [0.2, 0.25) is 0 Å². The topological polar surface area (TPSA) is 65.5 Å². The van der Waals surface area contributed by atoms with Crippen LogP contribution in [0, 0.1) is 0 Å². The van der Waals surface area contributed by atoms with Gasteiger partial charge in [-0.3, -0.25) is 14.6 Å². The Morgan fingerprint density at radius 3 is 2.35 bits per heavy atom. The van der Waals surface area contributed by atoms with E-state index < -0.39 is 0 Å².